The van der Waals surface area contributed by atoms with Gasteiger partial charge in [0.25, 0.3) is 5.91 Å². The number of hydrogen-bond acceptors (Lipinski definition) is 4. The molecule has 2 heterocycles. The van der Waals surface area contributed by atoms with Crippen LogP contribution in [-0.2, 0) is 4.79 Å². The number of carbonyl (C=O) groups is 1. The summed E-state index contributed by atoms with van der Waals surface area (Å²) in [5, 5.41) is 0.775. The van der Waals surface area contributed by atoms with Crippen LogP contribution in [0.2, 0.25) is 0 Å². The monoisotopic (exact) mass is 381 g/mol. The van der Waals surface area contributed by atoms with E-state index in [0.29, 0.717) is 4.91 Å². The number of aryl methyl sites for hydroxylation is 1. The molecule has 4 nitrogen and oxygen atoms in total. The largest absolute Gasteiger partial charge is 0.368 e. The Morgan fingerprint density at radius 3 is 2.26 bits per heavy atom. The lowest BCUT2D eigenvalue weighted by Crippen LogP contribution is -2.47. The van der Waals surface area contributed by atoms with E-state index in [1.54, 1.807) is 12.1 Å². The van der Waals surface area contributed by atoms with Gasteiger partial charge in [-0.15, -0.1) is 0 Å². The molecule has 27 heavy (non-hydrogen) atoms. The Kier molecular flexibility index (Phi) is 4.99. The number of nitrogens with zero attached hydrogens (tertiary/aromatic N) is 3. The van der Waals surface area contributed by atoms with Gasteiger partial charge in [0, 0.05) is 31.9 Å². The summed E-state index contributed by atoms with van der Waals surface area (Å²) in [6.45, 7) is 5.24. The van der Waals surface area contributed by atoms with E-state index in [0.717, 1.165) is 42.6 Å². The molecule has 0 aromatic heterocycles. The molecule has 2 aromatic carbocycles. The minimum absolute atomic E-state index is 0.170. The first kappa shape index (κ1) is 17.8. The van der Waals surface area contributed by atoms with E-state index in [1.807, 2.05) is 37.3 Å². The Morgan fingerprint density at radius 1 is 0.963 bits per heavy atom. The molecule has 6 heteroatoms. The lowest BCUT2D eigenvalue weighted by molar-refractivity contribution is -0.113. The number of benzene rings is 2. The molecule has 0 bridgehead atoms. The minimum Gasteiger partial charge on any atom is -0.368 e. The fourth-order valence-corrected chi connectivity index (χ4v) is 4.12. The number of amidine groups is 1. The summed E-state index contributed by atoms with van der Waals surface area (Å²) in [6, 6.07) is 14.7. The van der Waals surface area contributed by atoms with Crippen LogP contribution in [0.3, 0.4) is 0 Å². The van der Waals surface area contributed by atoms with Gasteiger partial charge in [-0.2, -0.15) is 4.99 Å². The number of aliphatic imine (C=N–C) groups is 1. The van der Waals surface area contributed by atoms with Gasteiger partial charge in [0.15, 0.2) is 5.17 Å². The van der Waals surface area contributed by atoms with E-state index in [4.69, 9.17) is 0 Å². The summed E-state index contributed by atoms with van der Waals surface area (Å²) in [6.07, 6.45) is 1.90. The van der Waals surface area contributed by atoms with Gasteiger partial charge in [0.05, 0.1) is 4.91 Å². The Morgan fingerprint density at radius 2 is 1.59 bits per heavy atom. The number of halogens is 1. The van der Waals surface area contributed by atoms with Crippen LogP contribution in [-0.4, -0.2) is 42.2 Å². The lowest BCUT2D eigenvalue weighted by atomic mass is 10.1. The number of anilines is 1. The van der Waals surface area contributed by atoms with Gasteiger partial charge in [-0.25, -0.2) is 4.39 Å². The first-order chi connectivity index (χ1) is 13.1. The van der Waals surface area contributed by atoms with E-state index in [2.05, 4.69) is 14.8 Å². The molecule has 2 aliphatic heterocycles. The quantitative estimate of drug-likeness (QED) is 0.739. The van der Waals surface area contributed by atoms with E-state index in [9.17, 15) is 9.18 Å². The molecule has 0 aliphatic carbocycles. The first-order valence-electron chi connectivity index (χ1n) is 8.93. The molecule has 2 aromatic rings. The van der Waals surface area contributed by atoms with Crippen LogP contribution in [0.1, 0.15) is 11.1 Å². The molecule has 0 unspecified atom stereocenters. The van der Waals surface area contributed by atoms with E-state index in [-0.39, 0.29) is 11.7 Å². The molecule has 1 fully saturated rings. The number of thioether (sulfide) groups is 1. The fraction of sp³-hybridized carbons (Fsp3) is 0.238. The average Bonchev–Trinajstić information content (AvgIpc) is 3.05. The first-order valence-corrected chi connectivity index (χ1v) is 9.75. The van der Waals surface area contributed by atoms with Crippen LogP contribution in [0.4, 0.5) is 10.1 Å². The summed E-state index contributed by atoms with van der Waals surface area (Å²) < 4.78 is 13.1. The van der Waals surface area contributed by atoms with Crippen LogP contribution in [0.15, 0.2) is 58.4 Å². The summed E-state index contributed by atoms with van der Waals surface area (Å²) in [5.41, 5.74) is 3.22. The molecule has 0 saturated carbocycles. The van der Waals surface area contributed by atoms with Gasteiger partial charge in [-0.05, 0) is 54.6 Å². The van der Waals surface area contributed by atoms with Crippen LogP contribution in [0.25, 0.3) is 6.08 Å². The van der Waals surface area contributed by atoms with Gasteiger partial charge >= 0.3 is 0 Å². The second-order valence-corrected chi connectivity index (χ2v) is 7.68. The summed E-state index contributed by atoms with van der Waals surface area (Å²) >= 11 is 1.44. The van der Waals surface area contributed by atoms with Crippen molar-refractivity contribution < 1.29 is 9.18 Å². The molecule has 138 valence electrons. The minimum atomic E-state index is -0.222. The second-order valence-electron chi connectivity index (χ2n) is 6.67. The molecule has 0 N–H and O–H groups in total. The molecule has 4 rings (SSSR count). The van der Waals surface area contributed by atoms with Gasteiger partial charge in [-0.3, -0.25) is 4.79 Å². The highest BCUT2D eigenvalue weighted by molar-refractivity contribution is 8.18. The topological polar surface area (TPSA) is 35.9 Å². The lowest BCUT2D eigenvalue weighted by Gasteiger charge is -2.36. The number of carbonyl (C=O) groups excluding carboxylic acids is 1. The average molecular weight is 381 g/mol. The highest BCUT2D eigenvalue weighted by atomic mass is 32.2. The molecule has 1 saturated heterocycles. The van der Waals surface area contributed by atoms with Crippen molar-refractivity contribution in [3.63, 3.8) is 0 Å². The highest BCUT2D eigenvalue weighted by Crippen LogP contribution is 2.31. The Labute approximate surface area is 162 Å². The summed E-state index contributed by atoms with van der Waals surface area (Å²) in [5.74, 6) is -0.392. The van der Waals surface area contributed by atoms with Gasteiger partial charge in [0.1, 0.15) is 5.82 Å². The van der Waals surface area contributed by atoms with Crippen molar-refractivity contribution >= 4 is 34.6 Å². The van der Waals surface area contributed by atoms with E-state index < -0.39 is 0 Å². The Hall–Kier alpha value is -2.60. The maximum atomic E-state index is 13.1. The zero-order chi connectivity index (χ0) is 18.8. The zero-order valence-corrected chi connectivity index (χ0v) is 15.9. The van der Waals surface area contributed by atoms with Crippen molar-refractivity contribution in [3.05, 3.63) is 70.4 Å². The van der Waals surface area contributed by atoms with Crippen LogP contribution < -0.4 is 4.90 Å². The smallest absolute Gasteiger partial charge is 0.286 e. The standard InChI is InChI=1S/C21H20FN3OS/c1-15-2-4-16(5-3-15)14-19-20(26)23-21(27-19)25-12-10-24(11-13-25)18-8-6-17(22)7-9-18/h2-9,14H,10-13H2,1H3/b19-14-. The molecule has 0 atom stereocenters. The number of rotatable bonds is 2. The van der Waals surface area contributed by atoms with Crippen molar-refractivity contribution in [2.24, 2.45) is 4.99 Å². The van der Waals surface area contributed by atoms with Crippen LogP contribution in [0.5, 0.6) is 0 Å². The van der Waals surface area contributed by atoms with Crippen molar-refractivity contribution in [2.45, 2.75) is 6.92 Å². The SMILES string of the molecule is Cc1ccc(/C=C2\SC(N3CCN(c4ccc(F)cc4)CC3)=NC2=O)cc1. The third-order valence-electron chi connectivity index (χ3n) is 4.73. The van der Waals surface area contributed by atoms with Crippen LogP contribution in [0, 0.1) is 12.7 Å². The van der Waals surface area contributed by atoms with E-state index >= 15 is 0 Å². The predicted octanol–water partition coefficient (Wildman–Crippen LogP) is 3.93. The van der Waals surface area contributed by atoms with Gasteiger partial charge in [-0.1, -0.05) is 29.8 Å². The Balaban J connectivity index is 1.39. The fourth-order valence-electron chi connectivity index (χ4n) is 3.16. The second kappa shape index (κ2) is 7.56. The van der Waals surface area contributed by atoms with E-state index in [1.165, 1.54) is 29.5 Å². The van der Waals surface area contributed by atoms with Crippen LogP contribution >= 0.6 is 11.8 Å². The summed E-state index contributed by atoms with van der Waals surface area (Å²) in [7, 11) is 0. The maximum absolute atomic E-state index is 13.1. The van der Waals surface area contributed by atoms with Crippen molar-refractivity contribution in [2.75, 3.05) is 31.1 Å². The molecular formula is C21H20FN3OS. The highest BCUT2D eigenvalue weighted by Gasteiger charge is 2.28. The molecule has 0 spiro atoms. The summed E-state index contributed by atoms with van der Waals surface area (Å²) in [4.78, 5) is 21.6. The third-order valence-corrected chi connectivity index (χ3v) is 5.77. The molecule has 1 amide bonds. The third kappa shape index (κ3) is 4.06. The zero-order valence-electron chi connectivity index (χ0n) is 15.1. The van der Waals surface area contributed by atoms with Crippen molar-refractivity contribution in [1.29, 1.82) is 0 Å². The van der Waals surface area contributed by atoms with Gasteiger partial charge < -0.3 is 9.80 Å². The molecule has 2 aliphatic rings. The molecule has 0 radical (unpaired) electrons. The predicted molar refractivity (Wildman–Crippen MR) is 109 cm³/mol. The number of piperazine rings is 1. The Bertz CT molecular complexity index is 898. The van der Waals surface area contributed by atoms with Crippen molar-refractivity contribution in [3.8, 4) is 0 Å². The van der Waals surface area contributed by atoms with Crippen molar-refractivity contribution in [1.82, 2.24) is 4.90 Å². The maximum Gasteiger partial charge on any atom is 0.286 e. The number of amides is 1. The normalized spacial score (nSPS) is 19.0. The molecular weight excluding hydrogens is 361 g/mol. The van der Waals surface area contributed by atoms with Gasteiger partial charge in [0.2, 0.25) is 0 Å². The number of hydrogen-bond donors (Lipinski definition) is 0.